The Labute approximate surface area is 163 Å². The molecule has 4 aromatic rings. The number of thiophene rings is 1. The number of hydrogen-bond acceptors (Lipinski definition) is 6. The van der Waals surface area contributed by atoms with Crippen LogP contribution >= 0.6 is 34.4 Å². The maximum absolute atomic E-state index is 12.8. The molecular formula is C19H17N3OS3. The third-order valence-electron chi connectivity index (χ3n) is 3.94. The van der Waals surface area contributed by atoms with Crippen LogP contribution in [0.4, 0.5) is 0 Å². The molecule has 4 nitrogen and oxygen atoms in total. The molecule has 0 aliphatic carbocycles. The Hall–Kier alpha value is -1.96. The topological polar surface area (TPSA) is 47.8 Å². The van der Waals surface area contributed by atoms with E-state index in [1.54, 1.807) is 39.0 Å². The van der Waals surface area contributed by atoms with Crippen molar-refractivity contribution in [2.75, 3.05) is 0 Å². The minimum atomic E-state index is 0.0391. The summed E-state index contributed by atoms with van der Waals surface area (Å²) in [5, 5.41) is 8.75. The van der Waals surface area contributed by atoms with Crippen LogP contribution < -0.4 is 5.56 Å². The maximum atomic E-state index is 12.8. The number of fused-ring (bicyclic) bond motifs is 1. The van der Waals surface area contributed by atoms with E-state index in [0.717, 1.165) is 27.8 Å². The fourth-order valence-corrected chi connectivity index (χ4v) is 5.26. The number of rotatable bonds is 6. The fraction of sp³-hybridized carbons (Fsp3) is 0.211. The van der Waals surface area contributed by atoms with Crippen LogP contribution in [0.15, 0.2) is 56.4 Å². The summed E-state index contributed by atoms with van der Waals surface area (Å²) in [6, 6.07) is 9.63. The molecule has 0 aliphatic heterocycles. The lowest BCUT2D eigenvalue weighted by molar-refractivity contribution is 0.584. The first-order valence-electron chi connectivity index (χ1n) is 8.35. The minimum absolute atomic E-state index is 0.0391. The largest absolute Gasteiger partial charge is 0.287 e. The van der Waals surface area contributed by atoms with Gasteiger partial charge >= 0.3 is 0 Å². The lowest BCUT2D eigenvalue weighted by Crippen LogP contribution is -2.23. The first-order chi connectivity index (χ1) is 12.8. The third kappa shape index (κ3) is 3.47. The predicted molar refractivity (Wildman–Crippen MR) is 111 cm³/mol. The lowest BCUT2D eigenvalue weighted by atomic mass is 10.2. The van der Waals surface area contributed by atoms with Crippen molar-refractivity contribution in [1.29, 1.82) is 0 Å². The van der Waals surface area contributed by atoms with Crippen LogP contribution in [0, 0.1) is 0 Å². The summed E-state index contributed by atoms with van der Waals surface area (Å²) < 4.78 is 1.79. The van der Waals surface area contributed by atoms with Gasteiger partial charge in [0.15, 0.2) is 5.16 Å². The first kappa shape index (κ1) is 17.5. The van der Waals surface area contributed by atoms with Gasteiger partial charge in [-0.3, -0.25) is 9.36 Å². The quantitative estimate of drug-likeness (QED) is 0.327. The van der Waals surface area contributed by atoms with Crippen molar-refractivity contribution < 1.29 is 0 Å². The van der Waals surface area contributed by atoms with E-state index in [9.17, 15) is 4.79 Å². The highest BCUT2D eigenvalue weighted by Gasteiger charge is 2.12. The number of para-hydroxylation sites is 1. The zero-order chi connectivity index (χ0) is 17.9. The molecule has 0 saturated carbocycles. The molecule has 4 rings (SSSR count). The molecular weight excluding hydrogens is 382 g/mol. The Morgan fingerprint density at radius 1 is 1.15 bits per heavy atom. The van der Waals surface area contributed by atoms with E-state index < -0.39 is 0 Å². The maximum Gasteiger partial charge on any atom is 0.262 e. The standard InChI is InChI=1S/C19H17N3OS3/c1-2-8-22-18(23)15-5-3-4-6-16(15)21-19(22)26-12-14-11-25-17(20-14)13-7-9-24-10-13/h3-7,9-11H,2,8,12H2,1H3. The number of nitrogens with zero attached hydrogens (tertiary/aromatic N) is 3. The first-order valence-corrected chi connectivity index (χ1v) is 11.2. The van der Waals surface area contributed by atoms with Crippen molar-refractivity contribution in [1.82, 2.24) is 14.5 Å². The van der Waals surface area contributed by atoms with Crippen molar-refractivity contribution in [2.45, 2.75) is 30.8 Å². The molecule has 0 fully saturated rings. The molecule has 3 heterocycles. The van der Waals surface area contributed by atoms with Gasteiger partial charge in [0, 0.05) is 28.6 Å². The van der Waals surface area contributed by atoms with Crippen LogP contribution in [-0.4, -0.2) is 14.5 Å². The molecule has 1 aromatic carbocycles. The molecule has 0 atom stereocenters. The van der Waals surface area contributed by atoms with Gasteiger partial charge in [0.05, 0.1) is 16.6 Å². The summed E-state index contributed by atoms with van der Waals surface area (Å²) in [7, 11) is 0. The monoisotopic (exact) mass is 399 g/mol. The van der Waals surface area contributed by atoms with Crippen molar-refractivity contribution in [3.8, 4) is 10.6 Å². The summed E-state index contributed by atoms with van der Waals surface area (Å²) in [6.45, 7) is 2.75. The van der Waals surface area contributed by atoms with E-state index in [1.807, 2.05) is 24.3 Å². The molecule has 3 aromatic heterocycles. The normalized spacial score (nSPS) is 11.3. The minimum Gasteiger partial charge on any atom is -0.287 e. The van der Waals surface area contributed by atoms with Crippen LogP contribution in [-0.2, 0) is 12.3 Å². The van der Waals surface area contributed by atoms with Gasteiger partial charge in [-0.2, -0.15) is 11.3 Å². The van der Waals surface area contributed by atoms with Gasteiger partial charge < -0.3 is 0 Å². The molecule has 0 aliphatic rings. The van der Waals surface area contributed by atoms with Gasteiger partial charge in [-0.15, -0.1) is 11.3 Å². The van der Waals surface area contributed by atoms with Crippen LogP contribution in [0.5, 0.6) is 0 Å². The van der Waals surface area contributed by atoms with E-state index in [4.69, 9.17) is 9.97 Å². The predicted octanol–water partition coefficient (Wildman–Crippen LogP) is 5.28. The lowest BCUT2D eigenvalue weighted by Gasteiger charge is -2.11. The molecule has 0 saturated heterocycles. The van der Waals surface area contributed by atoms with Gasteiger partial charge in [0.25, 0.3) is 5.56 Å². The number of benzene rings is 1. The molecule has 0 N–H and O–H groups in total. The Balaban J connectivity index is 1.62. The van der Waals surface area contributed by atoms with E-state index in [1.165, 1.54) is 5.56 Å². The molecule has 0 spiro atoms. The van der Waals surface area contributed by atoms with E-state index in [2.05, 4.69) is 29.1 Å². The Kier molecular flexibility index (Phi) is 5.19. The van der Waals surface area contributed by atoms with Crippen molar-refractivity contribution in [3.05, 3.63) is 62.5 Å². The molecule has 0 radical (unpaired) electrons. The number of hydrogen-bond donors (Lipinski definition) is 0. The molecule has 26 heavy (non-hydrogen) atoms. The van der Waals surface area contributed by atoms with E-state index in [0.29, 0.717) is 17.7 Å². The van der Waals surface area contributed by atoms with Gasteiger partial charge in [0.2, 0.25) is 0 Å². The van der Waals surface area contributed by atoms with E-state index in [-0.39, 0.29) is 5.56 Å². The van der Waals surface area contributed by atoms with Crippen molar-refractivity contribution >= 4 is 45.3 Å². The summed E-state index contributed by atoms with van der Waals surface area (Å²) in [5.74, 6) is 0.704. The molecule has 7 heteroatoms. The third-order valence-corrected chi connectivity index (χ3v) is 6.58. The van der Waals surface area contributed by atoms with Crippen LogP contribution in [0.25, 0.3) is 21.5 Å². The summed E-state index contributed by atoms with van der Waals surface area (Å²) >= 11 is 4.91. The molecule has 0 bridgehead atoms. The Morgan fingerprint density at radius 3 is 2.85 bits per heavy atom. The molecule has 0 unspecified atom stereocenters. The van der Waals surface area contributed by atoms with Crippen LogP contribution in [0.3, 0.4) is 0 Å². The van der Waals surface area contributed by atoms with Gasteiger partial charge in [-0.1, -0.05) is 30.8 Å². The average molecular weight is 400 g/mol. The number of thiazole rings is 1. The second kappa shape index (κ2) is 7.73. The van der Waals surface area contributed by atoms with Crippen molar-refractivity contribution in [3.63, 3.8) is 0 Å². The highest BCUT2D eigenvalue weighted by molar-refractivity contribution is 7.98. The molecule has 132 valence electrons. The second-order valence-corrected chi connectivity index (χ2v) is 8.39. The second-order valence-electron chi connectivity index (χ2n) is 5.81. The SMILES string of the molecule is CCCn1c(SCc2csc(-c3ccsc3)n2)nc2ccccc2c1=O. The molecule has 0 amide bonds. The smallest absolute Gasteiger partial charge is 0.262 e. The summed E-state index contributed by atoms with van der Waals surface area (Å²) in [4.78, 5) is 22.3. The van der Waals surface area contributed by atoms with E-state index >= 15 is 0 Å². The Morgan fingerprint density at radius 2 is 2.04 bits per heavy atom. The number of thioether (sulfide) groups is 1. The average Bonchev–Trinajstić information content (AvgIpc) is 3.34. The fourth-order valence-electron chi connectivity index (χ4n) is 2.71. The zero-order valence-corrected chi connectivity index (χ0v) is 16.7. The van der Waals surface area contributed by atoms with Crippen LogP contribution in [0.1, 0.15) is 19.0 Å². The van der Waals surface area contributed by atoms with Crippen LogP contribution in [0.2, 0.25) is 0 Å². The van der Waals surface area contributed by atoms with Gasteiger partial charge in [-0.25, -0.2) is 9.97 Å². The number of aromatic nitrogens is 3. The Bertz CT molecular complexity index is 1080. The van der Waals surface area contributed by atoms with Gasteiger partial charge in [0.1, 0.15) is 5.01 Å². The van der Waals surface area contributed by atoms with Crippen molar-refractivity contribution in [2.24, 2.45) is 0 Å². The highest BCUT2D eigenvalue weighted by atomic mass is 32.2. The highest BCUT2D eigenvalue weighted by Crippen LogP contribution is 2.28. The zero-order valence-electron chi connectivity index (χ0n) is 14.2. The summed E-state index contributed by atoms with van der Waals surface area (Å²) in [6.07, 6.45) is 0.895. The summed E-state index contributed by atoms with van der Waals surface area (Å²) in [5.41, 5.74) is 2.98. The van der Waals surface area contributed by atoms with Gasteiger partial charge in [-0.05, 0) is 30.0 Å².